The van der Waals surface area contributed by atoms with Gasteiger partial charge in [0.1, 0.15) is 0 Å². The number of nitrogens with zero attached hydrogens (tertiary/aromatic N) is 2. The predicted octanol–water partition coefficient (Wildman–Crippen LogP) is 4.22. The van der Waals surface area contributed by atoms with Gasteiger partial charge in [-0.3, -0.25) is 0 Å². The zero-order valence-electron chi connectivity index (χ0n) is 10.9. The van der Waals surface area contributed by atoms with Crippen molar-refractivity contribution in [2.45, 2.75) is 6.42 Å². The van der Waals surface area contributed by atoms with Crippen LogP contribution in [0.1, 0.15) is 11.4 Å². The van der Waals surface area contributed by atoms with E-state index >= 15 is 0 Å². The first-order valence-corrected chi connectivity index (χ1v) is 7.00. The molecule has 2 aromatic carbocycles. The van der Waals surface area contributed by atoms with Crippen LogP contribution in [0.25, 0.3) is 11.5 Å². The van der Waals surface area contributed by atoms with Crippen LogP contribution < -0.4 is 5.73 Å². The molecule has 0 bridgehead atoms. The first-order valence-electron chi connectivity index (χ1n) is 6.24. The minimum atomic E-state index is 0.463. The molecular formula is C15H11Cl2N3O. The second-order valence-corrected chi connectivity index (χ2v) is 5.38. The SMILES string of the molecule is Nc1ccc(-c2nc(Cc3ccc(Cl)c(Cl)c3)no2)cc1. The smallest absolute Gasteiger partial charge is 0.257 e. The van der Waals surface area contributed by atoms with E-state index in [1.807, 2.05) is 18.2 Å². The van der Waals surface area contributed by atoms with Gasteiger partial charge in [-0.1, -0.05) is 34.4 Å². The van der Waals surface area contributed by atoms with E-state index in [1.165, 1.54) is 0 Å². The van der Waals surface area contributed by atoms with Gasteiger partial charge in [0.15, 0.2) is 5.82 Å². The zero-order valence-corrected chi connectivity index (χ0v) is 12.4. The van der Waals surface area contributed by atoms with Gasteiger partial charge >= 0.3 is 0 Å². The molecule has 0 saturated heterocycles. The van der Waals surface area contributed by atoms with Gasteiger partial charge in [-0.25, -0.2) is 0 Å². The lowest BCUT2D eigenvalue weighted by molar-refractivity contribution is 0.424. The van der Waals surface area contributed by atoms with Crippen LogP contribution in [0.3, 0.4) is 0 Å². The van der Waals surface area contributed by atoms with Crippen LogP contribution in [0, 0.1) is 0 Å². The molecule has 0 unspecified atom stereocenters. The van der Waals surface area contributed by atoms with E-state index in [1.54, 1.807) is 24.3 Å². The molecule has 0 fully saturated rings. The Morgan fingerprint density at radius 1 is 1.00 bits per heavy atom. The average Bonchev–Trinajstić information content (AvgIpc) is 2.92. The molecular weight excluding hydrogens is 309 g/mol. The predicted molar refractivity (Wildman–Crippen MR) is 83.4 cm³/mol. The molecule has 6 heteroatoms. The van der Waals surface area contributed by atoms with Crippen LogP contribution in [0.4, 0.5) is 5.69 Å². The van der Waals surface area contributed by atoms with Gasteiger partial charge in [0.2, 0.25) is 0 Å². The number of hydrogen-bond acceptors (Lipinski definition) is 4. The van der Waals surface area contributed by atoms with E-state index in [-0.39, 0.29) is 0 Å². The zero-order chi connectivity index (χ0) is 14.8. The fraction of sp³-hybridized carbons (Fsp3) is 0.0667. The molecule has 2 N–H and O–H groups in total. The van der Waals surface area contributed by atoms with Crippen molar-refractivity contribution in [1.82, 2.24) is 10.1 Å². The van der Waals surface area contributed by atoms with Gasteiger partial charge in [0, 0.05) is 17.7 Å². The molecule has 0 aliphatic heterocycles. The summed E-state index contributed by atoms with van der Waals surface area (Å²) in [5.41, 5.74) is 8.14. The molecule has 4 nitrogen and oxygen atoms in total. The topological polar surface area (TPSA) is 64.9 Å². The molecule has 106 valence electrons. The Balaban J connectivity index is 1.81. The van der Waals surface area contributed by atoms with Gasteiger partial charge < -0.3 is 10.3 Å². The van der Waals surface area contributed by atoms with Crippen molar-refractivity contribution in [2.24, 2.45) is 0 Å². The molecule has 1 heterocycles. The lowest BCUT2D eigenvalue weighted by atomic mass is 10.1. The number of rotatable bonds is 3. The van der Waals surface area contributed by atoms with E-state index < -0.39 is 0 Å². The first-order chi connectivity index (χ1) is 10.1. The van der Waals surface area contributed by atoms with Crippen LogP contribution in [-0.2, 0) is 6.42 Å². The minimum Gasteiger partial charge on any atom is -0.399 e. The average molecular weight is 320 g/mol. The van der Waals surface area contributed by atoms with Crippen LogP contribution in [0.5, 0.6) is 0 Å². The molecule has 0 aliphatic carbocycles. The molecule has 3 rings (SSSR count). The van der Waals surface area contributed by atoms with Gasteiger partial charge in [-0.15, -0.1) is 0 Å². The molecule has 0 saturated carbocycles. The van der Waals surface area contributed by atoms with Gasteiger partial charge in [0.05, 0.1) is 10.0 Å². The molecule has 3 aromatic rings. The summed E-state index contributed by atoms with van der Waals surface area (Å²) in [6.07, 6.45) is 0.523. The Hall–Kier alpha value is -2.04. The third kappa shape index (κ3) is 3.17. The van der Waals surface area contributed by atoms with Crippen molar-refractivity contribution in [3.63, 3.8) is 0 Å². The van der Waals surface area contributed by atoms with E-state index in [0.717, 1.165) is 11.1 Å². The Kier molecular flexibility index (Phi) is 3.82. The van der Waals surface area contributed by atoms with Gasteiger partial charge in [-0.2, -0.15) is 4.98 Å². The number of hydrogen-bond donors (Lipinski definition) is 1. The van der Waals surface area contributed by atoms with Crippen molar-refractivity contribution in [1.29, 1.82) is 0 Å². The molecule has 0 atom stereocenters. The molecule has 21 heavy (non-hydrogen) atoms. The van der Waals surface area contributed by atoms with Crippen LogP contribution in [0.2, 0.25) is 10.0 Å². The van der Waals surface area contributed by atoms with Crippen molar-refractivity contribution < 1.29 is 4.52 Å². The second-order valence-electron chi connectivity index (χ2n) is 4.56. The van der Waals surface area contributed by atoms with E-state index in [9.17, 15) is 0 Å². The summed E-state index contributed by atoms with van der Waals surface area (Å²) in [7, 11) is 0. The maximum absolute atomic E-state index is 5.99. The maximum atomic E-state index is 5.99. The van der Waals surface area contributed by atoms with E-state index in [0.29, 0.717) is 33.9 Å². The molecule has 0 amide bonds. The molecule has 0 spiro atoms. The number of benzene rings is 2. The summed E-state index contributed by atoms with van der Waals surface area (Å²) in [5.74, 6) is 1.05. The van der Waals surface area contributed by atoms with Crippen molar-refractivity contribution in [2.75, 3.05) is 5.73 Å². The third-order valence-electron chi connectivity index (χ3n) is 2.97. The maximum Gasteiger partial charge on any atom is 0.257 e. The van der Waals surface area contributed by atoms with Crippen LogP contribution >= 0.6 is 23.2 Å². The van der Waals surface area contributed by atoms with E-state index in [4.69, 9.17) is 33.5 Å². The highest BCUT2D eigenvalue weighted by Gasteiger charge is 2.10. The Bertz CT molecular complexity index is 769. The lowest BCUT2D eigenvalue weighted by Gasteiger charge is -1.99. The third-order valence-corrected chi connectivity index (χ3v) is 3.71. The standard InChI is InChI=1S/C15H11Cl2N3O/c16-12-6-1-9(7-13(12)17)8-14-19-15(21-20-14)10-2-4-11(18)5-3-10/h1-7H,8,18H2. The Labute approximate surface area is 131 Å². The normalized spacial score (nSPS) is 10.8. The Morgan fingerprint density at radius 3 is 2.48 bits per heavy atom. The van der Waals surface area contributed by atoms with Crippen LogP contribution in [0.15, 0.2) is 47.0 Å². The van der Waals surface area contributed by atoms with Gasteiger partial charge in [0.25, 0.3) is 5.89 Å². The number of nitrogen functional groups attached to an aromatic ring is 1. The van der Waals surface area contributed by atoms with Gasteiger partial charge in [-0.05, 0) is 42.0 Å². The number of nitrogens with two attached hydrogens (primary N) is 1. The second kappa shape index (κ2) is 5.76. The summed E-state index contributed by atoms with van der Waals surface area (Å²) < 4.78 is 5.26. The molecule has 0 aliphatic rings. The summed E-state index contributed by atoms with van der Waals surface area (Å²) >= 11 is 11.9. The quantitative estimate of drug-likeness (QED) is 0.734. The number of aromatic nitrogens is 2. The number of anilines is 1. The minimum absolute atomic E-state index is 0.463. The molecule has 1 aromatic heterocycles. The Morgan fingerprint density at radius 2 is 1.76 bits per heavy atom. The summed E-state index contributed by atoms with van der Waals surface area (Å²) in [5, 5.41) is 5.00. The first kappa shape index (κ1) is 13.9. The fourth-order valence-electron chi connectivity index (χ4n) is 1.90. The van der Waals surface area contributed by atoms with E-state index in [2.05, 4.69) is 10.1 Å². The van der Waals surface area contributed by atoms with Crippen molar-refractivity contribution >= 4 is 28.9 Å². The van der Waals surface area contributed by atoms with Crippen molar-refractivity contribution in [3.05, 3.63) is 63.9 Å². The highest BCUT2D eigenvalue weighted by atomic mass is 35.5. The highest BCUT2D eigenvalue weighted by Crippen LogP contribution is 2.24. The summed E-state index contributed by atoms with van der Waals surface area (Å²) in [4.78, 5) is 4.36. The fourth-order valence-corrected chi connectivity index (χ4v) is 2.22. The summed E-state index contributed by atoms with van der Waals surface area (Å²) in [6.45, 7) is 0. The lowest BCUT2D eigenvalue weighted by Crippen LogP contribution is -1.91. The number of halogens is 2. The largest absolute Gasteiger partial charge is 0.399 e. The van der Waals surface area contributed by atoms with Crippen molar-refractivity contribution in [3.8, 4) is 11.5 Å². The monoisotopic (exact) mass is 319 g/mol. The van der Waals surface area contributed by atoms with Crippen LogP contribution in [-0.4, -0.2) is 10.1 Å². The summed E-state index contributed by atoms with van der Waals surface area (Å²) in [6, 6.07) is 12.7. The highest BCUT2D eigenvalue weighted by molar-refractivity contribution is 6.42. The molecule has 0 radical (unpaired) electrons.